The van der Waals surface area contributed by atoms with Gasteiger partial charge in [-0.2, -0.15) is 0 Å². The molecule has 2 aromatic carbocycles. The van der Waals surface area contributed by atoms with E-state index in [1.165, 1.54) is 11.8 Å². The van der Waals surface area contributed by atoms with Gasteiger partial charge < -0.3 is 10.2 Å². The van der Waals surface area contributed by atoms with Crippen LogP contribution in [0.1, 0.15) is 6.92 Å². The first kappa shape index (κ1) is 16.3. The predicted octanol–water partition coefficient (Wildman–Crippen LogP) is 3.99. The molecule has 0 radical (unpaired) electrons. The standard InChI is InChI=1S/C16H14Cl2N2O2/c1-11(21)20(15-5-3-2-4-14(15)18)10-16(22)19-13-8-6-12(17)7-9-13/h2-9H,10H2,1H3,(H,19,22). The average molecular weight is 337 g/mol. The van der Waals surface area contributed by atoms with E-state index >= 15 is 0 Å². The Labute approximate surface area is 138 Å². The lowest BCUT2D eigenvalue weighted by molar-refractivity contribution is -0.120. The van der Waals surface area contributed by atoms with Crippen molar-refractivity contribution in [2.45, 2.75) is 6.92 Å². The first-order valence-electron chi connectivity index (χ1n) is 6.55. The Morgan fingerprint density at radius 2 is 1.68 bits per heavy atom. The van der Waals surface area contributed by atoms with Gasteiger partial charge in [0.2, 0.25) is 11.8 Å². The number of carbonyl (C=O) groups excluding carboxylic acids is 2. The molecule has 0 unspecified atom stereocenters. The van der Waals surface area contributed by atoms with Crippen LogP contribution in [-0.2, 0) is 9.59 Å². The quantitative estimate of drug-likeness (QED) is 0.917. The summed E-state index contributed by atoms with van der Waals surface area (Å²) in [7, 11) is 0. The molecule has 2 amide bonds. The van der Waals surface area contributed by atoms with Gasteiger partial charge in [0.05, 0.1) is 10.7 Å². The van der Waals surface area contributed by atoms with Gasteiger partial charge in [-0.15, -0.1) is 0 Å². The Hall–Kier alpha value is -2.04. The molecule has 0 aliphatic carbocycles. The van der Waals surface area contributed by atoms with Gasteiger partial charge in [-0.1, -0.05) is 35.3 Å². The number of nitrogens with one attached hydrogen (secondary N) is 1. The van der Waals surface area contributed by atoms with Gasteiger partial charge in [0.15, 0.2) is 0 Å². The third-order valence-corrected chi connectivity index (χ3v) is 3.52. The van der Waals surface area contributed by atoms with Gasteiger partial charge in [-0.3, -0.25) is 9.59 Å². The number of rotatable bonds is 4. The van der Waals surface area contributed by atoms with E-state index < -0.39 is 0 Å². The highest BCUT2D eigenvalue weighted by Crippen LogP contribution is 2.25. The zero-order valence-corrected chi connectivity index (χ0v) is 13.4. The largest absolute Gasteiger partial charge is 0.325 e. The molecule has 0 aliphatic rings. The second kappa shape index (κ2) is 7.29. The third-order valence-electron chi connectivity index (χ3n) is 2.95. The lowest BCUT2D eigenvalue weighted by atomic mass is 10.2. The number of hydrogen-bond acceptors (Lipinski definition) is 2. The highest BCUT2D eigenvalue weighted by molar-refractivity contribution is 6.34. The van der Waals surface area contributed by atoms with Crippen LogP contribution in [0.4, 0.5) is 11.4 Å². The molecular formula is C16H14Cl2N2O2. The smallest absolute Gasteiger partial charge is 0.244 e. The predicted molar refractivity (Wildman–Crippen MR) is 89.6 cm³/mol. The van der Waals surface area contributed by atoms with Crippen molar-refractivity contribution in [2.75, 3.05) is 16.8 Å². The first-order chi connectivity index (χ1) is 10.5. The molecule has 4 nitrogen and oxygen atoms in total. The van der Waals surface area contributed by atoms with Crippen LogP contribution in [0.15, 0.2) is 48.5 Å². The van der Waals surface area contributed by atoms with Crippen molar-refractivity contribution in [3.63, 3.8) is 0 Å². The molecule has 2 rings (SSSR count). The fraction of sp³-hybridized carbons (Fsp3) is 0.125. The minimum absolute atomic E-state index is 0.123. The zero-order chi connectivity index (χ0) is 16.1. The van der Waals surface area contributed by atoms with Crippen LogP contribution in [0.5, 0.6) is 0 Å². The molecule has 6 heteroatoms. The van der Waals surface area contributed by atoms with E-state index in [0.717, 1.165) is 0 Å². The highest BCUT2D eigenvalue weighted by atomic mass is 35.5. The Kier molecular flexibility index (Phi) is 5.41. The summed E-state index contributed by atoms with van der Waals surface area (Å²) in [6.07, 6.45) is 0. The van der Waals surface area contributed by atoms with E-state index in [1.54, 1.807) is 48.5 Å². The van der Waals surface area contributed by atoms with Gasteiger partial charge in [0, 0.05) is 17.6 Å². The molecular weight excluding hydrogens is 323 g/mol. The van der Waals surface area contributed by atoms with Gasteiger partial charge in [0.25, 0.3) is 0 Å². The maximum Gasteiger partial charge on any atom is 0.244 e. The Morgan fingerprint density at radius 1 is 1.05 bits per heavy atom. The van der Waals surface area contributed by atoms with Crippen LogP contribution in [0.25, 0.3) is 0 Å². The number of anilines is 2. The van der Waals surface area contributed by atoms with E-state index in [1.807, 2.05) is 0 Å². The van der Waals surface area contributed by atoms with Crippen molar-refractivity contribution in [3.05, 3.63) is 58.6 Å². The lowest BCUT2D eigenvalue weighted by Gasteiger charge is -2.21. The minimum Gasteiger partial charge on any atom is -0.325 e. The van der Waals surface area contributed by atoms with Crippen LogP contribution in [0.2, 0.25) is 10.0 Å². The summed E-state index contributed by atoms with van der Waals surface area (Å²) in [5.41, 5.74) is 1.11. The van der Waals surface area contributed by atoms with Crippen LogP contribution in [0, 0.1) is 0 Å². The number of benzene rings is 2. The normalized spacial score (nSPS) is 10.1. The minimum atomic E-state index is -0.322. The second-order valence-corrected chi connectivity index (χ2v) is 5.46. The van der Waals surface area contributed by atoms with Crippen molar-refractivity contribution in [3.8, 4) is 0 Å². The third kappa shape index (κ3) is 4.23. The van der Waals surface area contributed by atoms with Crippen LogP contribution >= 0.6 is 23.2 Å². The van der Waals surface area contributed by atoms with Gasteiger partial charge >= 0.3 is 0 Å². The SMILES string of the molecule is CC(=O)N(CC(=O)Nc1ccc(Cl)cc1)c1ccccc1Cl. The van der Waals surface area contributed by atoms with Crippen molar-refractivity contribution < 1.29 is 9.59 Å². The Balaban J connectivity index is 2.11. The molecule has 0 aliphatic heterocycles. The molecule has 22 heavy (non-hydrogen) atoms. The van der Waals surface area contributed by atoms with Crippen LogP contribution in [-0.4, -0.2) is 18.4 Å². The van der Waals surface area contributed by atoms with E-state index in [0.29, 0.717) is 21.4 Å². The highest BCUT2D eigenvalue weighted by Gasteiger charge is 2.18. The summed E-state index contributed by atoms with van der Waals surface area (Å²) < 4.78 is 0. The summed E-state index contributed by atoms with van der Waals surface area (Å²) in [6.45, 7) is 1.26. The van der Waals surface area contributed by atoms with Crippen molar-refractivity contribution >= 4 is 46.4 Å². The molecule has 0 spiro atoms. The number of nitrogens with zero attached hydrogens (tertiary/aromatic N) is 1. The fourth-order valence-electron chi connectivity index (χ4n) is 1.91. The van der Waals surface area contributed by atoms with E-state index in [-0.39, 0.29) is 18.4 Å². The maximum atomic E-state index is 12.1. The topological polar surface area (TPSA) is 49.4 Å². The molecule has 2 aromatic rings. The van der Waals surface area contributed by atoms with Crippen LogP contribution in [0.3, 0.4) is 0 Å². The van der Waals surface area contributed by atoms with Crippen LogP contribution < -0.4 is 10.2 Å². The monoisotopic (exact) mass is 336 g/mol. The number of halogens is 2. The summed E-state index contributed by atoms with van der Waals surface area (Å²) in [4.78, 5) is 25.2. The zero-order valence-electron chi connectivity index (χ0n) is 11.8. The number of carbonyl (C=O) groups is 2. The second-order valence-electron chi connectivity index (χ2n) is 4.61. The van der Waals surface area contributed by atoms with Crippen molar-refractivity contribution in [1.29, 1.82) is 0 Å². The van der Waals surface area contributed by atoms with Gasteiger partial charge in [-0.05, 0) is 36.4 Å². The molecule has 1 N–H and O–H groups in total. The first-order valence-corrected chi connectivity index (χ1v) is 7.31. The molecule has 0 bridgehead atoms. The number of para-hydroxylation sites is 1. The van der Waals surface area contributed by atoms with E-state index in [4.69, 9.17) is 23.2 Å². The Bertz CT molecular complexity index is 687. The fourth-order valence-corrected chi connectivity index (χ4v) is 2.28. The average Bonchev–Trinajstić information content (AvgIpc) is 2.48. The number of hydrogen-bond donors (Lipinski definition) is 1. The summed E-state index contributed by atoms with van der Waals surface area (Å²) in [5, 5.41) is 3.71. The van der Waals surface area contributed by atoms with Gasteiger partial charge in [0.1, 0.15) is 6.54 Å². The summed E-state index contributed by atoms with van der Waals surface area (Å²) >= 11 is 11.9. The Morgan fingerprint density at radius 3 is 2.27 bits per heavy atom. The number of amides is 2. The maximum absolute atomic E-state index is 12.1. The lowest BCUT2D eigenvalue weighted by Crippen LogP contribution is -2.36. The molecule has 0 aromatic heterocycles. The molecule has 0 atom stereocenters. The van der Waals surface area contributed by atoms with Gasteiger partial charge in [-0.25, -0.2) is 0 Å². The van der Waals surface area contributed by atoms with Crippen molar-refractivity contribution in [1.82, 2.24) is 0 Å². The van der Waals surface area contributed by atoms with E-state index in [2.05, 4.69) is 5.32 Å². The molecule has 0 fully saturated rings. The molecule has 0 heterocycles. The summed E-state index contributed by atoms with van der Waals surface area (Å²) in [6, 6.07) is 13.6. The molecule has 114 valence electrons. The van der Waals surface area contributed by atoms with Crippen molar-refractivity contribution in [2.24, 2.45) is 0 Å². The summed E-state index contributed by atoms with van der Waals surface area (Å²) in [5.74, 6) is -0.586. The van der Waals surface area contributed by atoms with E-state index in [9.17, 15) is 9.59 Å². The molecule has 0 saturated carbocycles. The molecule has 0 saturated heterocycles.